The van der Waals surface area contributed by atoms with Gasteiger partial charge in [-0.25, -0.2) is 4.79 Å². The SMILES string of the molecule is CN1CCC(C2CN(CC3CCCCN3)C(=O)N2)C1. The quantitative estimate of drug-likeness (QED) is 0.781. The number of carbonyl (C=O) groups excluding carboxylic acids is 1. The van der Waals surface area contributed by atoms with E-state index in [2.05, 4.69) is 22.6 Å². The lowest BCUT2D eigenvalue weighted by Crippen LogP contribution is -2.44. The van der Waals surface area contributed by atoms with E-state index in [1.165, 1.54) is 32.2 Å². The minimum Gasteiger partial charge on any atom is -0.333 e. The van der Waals surface area contributed by atoms with Crippen molar-refractivity contribution < 1.29 is 4.79 Å². The van der Waals surface area contributed by atoms with Crippen LogP contribution in [0, 0.1) is 5.92 Å². The van der Waals surface area contributed by atoms with Crippen molar-refractivity contribution >= 4 is 6.03 Å². The maximum atomic E-state index is 12.1. The molecule has 0 spiro atoms. The van der Waals surface area contributed by atoms with Gasteiger partial charge in [0, 0.05) is 25.7 Å². The molecule has 3 heterocycles. The lowest BCUT2D eigenvalue weighted by molar-refractivity contribution is 0.207. The number of hydrogen-bond donors (Lipinski definition) is 2. The molecule has 3 aliphatic rings. The van der Waals surface area contributed by atoms with E-state index in [1.54, 1.807) is 0 Å². The number of urea groups is 1. The van der Waals surface area contributed by atoms with Crippen molar-refractivity contribution in [2.75, 3.05) is 39.8 Å². The molecule has 3 saturated heterocycles. The predicted molar refractivity (Wildman–Crippen MR) is 75.1 cm³/mol. The molecular formula is C14H26N4O. The van der Waals surface area contributed by atoms with E-state index in [-0.39, 0.29) is 6.03 Å². The molecule has 3 rings (SSSR count). The van der Waals surface area contributed by atoms with Gasteiger partial charge in [-0.1, -0.05) is 6.42 Å². The van der Waals surface area contributed by atoms with Crippen LogP contribution in [0.5, 0.6) is 0 Å². The molecule has 0 aromatic heterocycles. The normalized spacial score (nSPS) is 36.8. The van der Waals surface area contributed by atoms with E-state index in [1.807, 2.05) is 4.90 Å². The van der Waals surface area contributed by atoms with E-state index >= 15 is 0 Å². The van der Waals surface area contributed by atoms with E-state index < -0.39 is 0 Å². The van der Waals surface area contributed by atoms with Crippen molar-refractivity contribution in [3.8, 4) is 0 Å². The van der Waals surface area contributed by atoms with Gasteiger partial charge in [0.1, 0.15) is 0 Å². The van der Waals surface area contributed by atoms with Gasteiger partial charge in [-0.15, -0.1) is 0 Å². The van der Waals surface area contributed by atoms with Gasteiger partial charge in [0.05, 0.1) is 6.04 Å². The van der Waals surface area contributed by atoms with Crippen LogP contribution in [0.2, 0.25) is 0 Å². The molecule has 0 saturated carbocycles. The number of likely N-dealkylation sites (tertiary alicyclic amines) is 1. The first-order valence-corrected chi connectivity index (χ1v) is 7.70. The average Bonchev–Trinajstić information content (AvgIpc) is 2.98. The fourth-order valence-electron chi connectivity index (χ4n) is 3.68. The van der Waals surface area contributed by atoms with Crippen molar-refractivity contribution in [2.24, 2.45) is 5.92 Å². The second kappa shape index (κ2) is 5.67. The Bertz CT molecular complexity index is 329. The minimum atomic E-state index is 0.145. The average molecular weight is 266 g/mol. The third-order valence-electron chi connectivity index (χ3n) is 4.86. The molecular weight excluding hydrogens is 240 g/mol. The molecule has 5 nitrogen and oxygen atoms in total. The molecule has 108 valence electrons. The zero-order chi connectivity index (χ0) is 13.2. The maximum absolute atomic E-state index is 12.1. The summed E-state index contributed by atoms with van der Waals surface area (Å²) >= 11 is 0. The second-order valence-electron chi connectivity index (χ2n) is 6.42. The first-order chi connectivity index (χ1) is 9.22. The van der Waals surface area contributed by atoms with Gasteiger partial charge in [-0.2, -0.15) is 0 Å². The van der Waals surface area contributed by atoms with Crippen LogP contribution in [0.4, 0.5) is 4.79 Å². The molecule has 0 aliphatic carbocycles. The summed E-state index contributed by atoms with van der Waals surface area (Å²) in [6.07, 6.45) is 5.00. The highest BCUT2D eigenvalue weighted by Gasteiger charge is 2.37. The number of nitrogens with zero attached hydrogens (tertiary/aromatic N) is 2. The van der Waals surface area contributed by atoms with Crippen molar-refractivity contribution in [1.29, 1.82) is 0 Å². The Hall–Kier alpha value is -0.810. The third-order valence-corrected chi connectivity index (χ3v) is 4.86. The third kappa shape index (κ3) is 3.03. The summed E-state index contributed by atoms with van der Waals surface area (Å²) in [6, 6.07) is 1.01. The Balaban J connectivity index is 1.51. The fourth-order valence-corrected chi connectivity index (χ4v) is 3.68. The molecule has 0 bridgehead atoms. The lowest BCUT2D eigenvalue weighted by atomic mass is 9.99. The molecule has 0 radical (unpaired) electrons. The topological polar surface area (TPSA) is 47.6 Å². The highest BCUT2D eigenvalue weighted by atomic mass is 16.2. The van der Waals surface area contributed by atoms with Crippen LogP contribution >= 0.6 is 0 Å². The number of nitrogens with one attached hydrogen (secondary N) is 2. The number of carbonyl (C=O) groups is 1. The Morgan fingerprint density at radius 2 is 2.16 bits per heavy atom. The zero-order valence-electron chi connectivity index (χ0n) is 11.9. The van der Waals surface area contributed by atoms with Crippen LogP contribution in [-0.4, -0.2) is 67.7 Å². The molecule has 0 aromatic carbocycles. The Labute approximate surface area is 115 Å². The standard InChI is InChI=1S/C14H26N4O/c1-17-7-5-11(8-17)13-10-18(14(19)16-13)9-12-4-2-3-6-15-12/h11-13,15H,2-10H2,1H3,(H,16,19). The van der Waals surface area contributed by atoms with Crippen LogP contribution < -0.4 is 10.6 Å². The summed E-state index contributed by atoms with van der Waals surface area (Å²) in [5.74, 6) is 0.637. The molecule has 0 aromatic rings. The van der Waals surface area contributed by atoms with E-state index in [9.17, 15) is 4.79 Å². The number of piperidine rings is 1. The summed E-state index contributed by atoms with van der Waals surface area (Å²) in [4.78, 5) is 16.5. The van der Waals surface area contributed by atoms with Crippen LogP contribution in [0.1, 0.15) is 25.7 Å². The van der Waals surface area contributed by atoms with Gasteiger partial charge in [-0.3, -0.25) is 0 Å². The highest BCUT2D eigenvalue weighted by Crippen LogP contribution is 2.22. The summed E-state index contributed by atoms with van der Waals surface area (Å²) in [6.45, 7) is 5.18. The summed E-state index contributed by atoms with van der Waals surface area (Å²) in [5.41, 5.74) is 0. The van der Waals surface area contributed by atoms with Crippen molar-refractivity contribution in [3.63, 3.8) is 0 Å². The van der Waals surface area contributed by atoms with E-state index in [4.69, 9.17) is 0 Å². The van der Waals surface area contributed by atoms with Gasteiger partial charge in [-0.05, 0) is 45.3 Å². The molecule has 3 aliphatic heterocycles. The lowest BCUT2D eigenvalue weighted by Gasteiger charge is -2.27. The van der Waals surface area contributed by atoms with Gasteiger partial charge < -0.3 is 20.4 Å². The highest BCUT2D eigenvalue weighted by molar-refractivity contribution is 5.77. The van der Waals surface area contributed by atoms with Crippen LogP contribution in [0.3, 0.4) is 0 Å². The van der Waals surface area contributed by atoms with E-state index in [0.717, 1.165) is 26.2 Å². The maximum Gasteiger partial charge on any atom is 0.317 e. The summed E-state index contributed by atoms with van der Waals surface area (Å²) < 4.78 is 0. The molecule has 5 heteroatoms. The number of rotatable bonds is 3. The largest absolute Gasteiger partial charge is 0.333 e. The first-order valence-electron chi connectivity index (χ1n) is 7.70. The smallest absolute Gasteiger partial charge is 0.317 e. The van der Waals surface area contributed by atoms with Crippen LogP contribution in [0.15, 0.2) is 0 Å². The molecule has 3 unspecified atom stereocenters. The van der Waals surface area contributed by atoms with Gasteiger partial charge in [0.2, 0.25) is 0 Å². The van der Waals surface area contributed by atoms with Gasteiger partial charge >= 0.3 is 6.03 Å². The molecule has 19 heavy (non-hydrogen) atoms. The van der Waals surface area contributed by atoms with Crippen LogP contribution in [-0.2, 0) is 0 Å². The van der Waals surface area contributed by atoms with Crippen molar-refractivity contribution in [2.45, 2.75) is 37.8 Å². The Morgan fingerprint density at radius 3 is 2.84 bits per heavy atom. The summed E-state index contributed by atoms with van der Waals surface area (Å²) in [5, 5.41) is 6.72. The van der Waals surface area contributed by atoms with Crippen molar-refractivity contribution in [1.82, 2.24) is 20.4 Å². The van der Waals surface area contributed by atoms with Gasteiger partial charge in [0.25, 0.3) is 0 Å². The number of amides is 2. The Kier molecular flexibility index (Phi) is 3.93. The minimum absolute atomic E-state index is 0.145. The predicted octanol–water partition coefficient (Wildman–Crippen LogP) is 0.474. The zero-order valence-corrected chi connectivity index (χ0v) is 11.9. The molecule has 2 amide bonds. The van der Waals surface area contributed by atoms with Crippen LogP contribution in [0.25, 0.3) is 0 Å². The van der Waals surface area contributed by atoms with E-state index in [0.29, 0.717) is 18.0 Å². The fraction of sp³-hybridized carbons (Fsp3) is 0.929. The molecule has 3 atom stereocenters. The summed E-state index contributed by atoms with van der Waals surface area (Å²) in [7, 11) is 2.17. The van der Waals surface area contributed by atoms with Crippen molar-refractivity contribution in [3.05, 3.63) is 0 Å². The second-order valence-corrected chi connectivity index (χ2v) is 6.42. The number of hydrogen-bond acceptors (Lipinski definition) is 3. The monoisotopic (exact) mass is 266 g/mol. The molecule has 3 fully saturated rings. The Morgan fingerprint density at radius 1 is 1.26 bits per heavy atom. The van der Waals surface area contributed by atoms with Gasteiger partial charge in [0.15, 0.2) is 0 Å². The first kappa shape index (κ1) is 13.2. The molecule has 2 N–H and O–H groups in total.